The molecule has 0 spiro atoms. The third kappa shape index (κ3) is 4.34. The van der Waals surface area contributed by atoms with Crippen molar-refractivity contribution in [1.29, 1.82) is 0 Å². The number of halogens is 1. The Morgan fingerprint density at radius 3 is 2.83 bits per heavy atom. The van der Waals surface area contributed by atoms with Gasteiger partial charge in [0.15, 0.2) is 6.54 Å². The summed E-state index contributed by atoms with van der Waals surface area (Å²) in [6, 6.07) is 14.1. The fourth-order valence-electron chi connectivity index (χ4n) is 3.19. The molecule has 0 heterocycles. The van der Waals surface area contributed by atoms with Gasteiger partial charge in [0, 0.05) is 16.3 Å². The van der Waals surface area contributed by atoms with Crippen molar-refractivity contribution in [2.75, 3.05) is 18.9 Å². The standard InChI is InChI=1S/C19H21ClN2O/c1-22(12-14-4-2-7-17(20)10-14)13-19(23)21-18-9-8-15-5-3-6-16(15)11-18/h2,4,7-11H,3,5-6,12-13H2,1H3,(H,21,23)/p+1. The van der Waals surface area contributed by atoms with Crippen molar-refractivity contribution in [3.8, 4) is 0 Å². The largest absolute Gasteiger partial charge is 0.326 e. The molecule has 0 radical (unpaired) electrons. The molecular formula is C19H22ClN2O+. The summed E-state index contributed by atoms with van der Waals surface area (Å²) >= 11 is 6.00. The van der Waals surface area contributed by atoms with Crippen LogP contribution >= 0.6 is 11.6 Å². The number of aryl methyl sites for hydroxylation is 2. The lowest BCUT2D eigenvalue weighted by atomic mass is 10.1. The Labute approximate surface area is 142 Å². The summed E-state index contributed by atoms with van der Waals surface area (Å²) in [5, 5.41) is 3.75. The van der Waals surface area contributed by atoms with Gasteiger partial charge in [0.05, 0.1) is 7.05 Å². The second kappa shape index (κ2) is 7.16. The molecule has 1 unspecified atom stereocenters. The van der Waals surface area contributed by atoms with E-state index in [0.29, 0.717) is 6.54 Å². The minimum atomic E-state index is 0.0440. The van der Waals surface area contributed by atoms with Gasteiger partial charge in [-0.05, 0) is 54.7 Å². The highest BCUT2D eigenvalue weighted by Gasteiger charge is 2.14. The first-order valence-electron chi connectivity index (χ1n) is 8.07. The van der Waals surface area contributed by atoms with Crippen LogP contribution in [0.3, 0.4) is 0 Å². The van der Waals surface area contributed by atoms with Gasteiger partial charge < -0.3 is 10.2 Å². The number of amides is 1. The molecule has 23 heavy (non-hydrogen) atoms. The summed E-state index contributed by atoms with van der Waals surface area (Å²) in [6.45, 7) is 1.21. The van der Waals surface area contributed by atoms with E-state index in [1.165, 1.54) is 17.5 Å². The maximum absolute atomic E-state index is 12.2. The molecule has 2 aromatic carbocycles. The first-order valence-corrected chi connectivity index (χ1v) is 8.45. The lowest BCUT2D eigenvalue weighted by Gasteiger charge is -2.14. The minimum absolute atomic E-state index is 0.0440. The molecule has 0 saturated heterocycles. The van der Waals surface area contributed by atoms with Gasteiger partial charge in [0.25, 0.3) is 5.91 Å². The molecule has 1 aliphatic rings. The fourth-order valence-corrected chi connectivity index (χ4v) is 3.40. The second-order valence-electron chi connectivity index (χ2n) is 6.33. The van der Waals surface area contributed by atoms with Crippen molar-refractivity contribution in [2.45, 2.75) is 25.8 Å². The predicted molar refractivity (Wildman–Crippen MR) is 94.0 cm³/mol. The van der Waals surface area contributed by atoms with E-state index in [4.69, 9.17) is 11.6 Å². The Balaban J connectivity index is 1.54. The molecule has 3 rings (SSSR count). The van der Waals surface area contributed by atoms with E-state index in [2.05, 4.69) is 17.4 Å². The van der Waals surface area contributed by atoms with Gasteiger partial charge in [-0.1, -0.05) is 29.8 Å². The van der Waals surface area contributed by atoms with Crippen LogP contribution in [-0.4, -0.2) is 19.5 Å². The summed E-state index contributed by atoms with van der Waals surface area (Å²) in [5.41, 5.74) is 4.85. The SMILES string of the molecule is C[NH+](CC(=O)Nc1ccc2c(c1)CCC2)Cc1cccc(Cl)c1. The first-order chi connectivity index (χ1) is 11.1. The van der Waals surface area contributed by atoms with E-state index in [1.54, 1.807) is 0 Å². The summed E-state index contributed by atoms with van der Waals surface area (Å²) < 4.78 is 0. The summed E-state index contributed by atoms with van der Waals surface area (Å²) in [4.78, 5) is 13.4. The topological polar surface area (TPSA) is 33.5 Å². The Morgan fingerprint density at radius 2 is 2.00 bits per heavy atom. The van der Waals surface area contributed by atoms with Crippen molar-refractivity contribution < 1.29 is 9.69 Å². The van der Waals surface area contributed by atoms with Crippen LogP contribution in [0.4, 0.5) is 5.69 Å². The Hall–Kier alpha value is -1.84. The highest BCUT2D eigenvalue weighted by Crippen LogP contribution is 2.24. The van der Waals surface area contributed by atoms with E-state index in [9.17, 15) is 4.79 Å². The van der Waals surface area contributed by atoms with Gasteiger partial charge >= 0.3 is 0 Å². The van der Waals surface area contributed by atoms with E-state index in [1.807, 2.05) is 37.4 Å². The van der Waals surface area contributed by atoms with Gasteiger partial charge in [-0.2, -0.15) is 0 Å². The second-order valence-corrected chi connectivity index (χ2v) is 6.76. The van der Waals surface area contributed by atoms with Crippen LogP contribution in [0.2, 0.25) is 5.02 Å². The van der Waals surface area contributed by atoms with E-state index in [0.717, 1.165) is 40.6 Å². The fraction of sp³-hybridized carbons (Fsp3) is 0.316. The smallest absolute Gasteiger partial charge is 0.279 e. The van der Waals surface area contributed by atoms with Gasteiger partial charge in [0.2, 0.25) is 0 Å². The van der Waals surface area contributed by atoms with Crippen LogP contribution in [0, 0.1) is 0 Å². The number of carbonyl (C=O) groups excluding carboxylic acids is 1. The van der Waals surface area contributed by atoms with Crippen LogP contribution < -0.4 is 10.2 Å². The van der Waals surface area contributed by atoms with Crippen LogP contribution in [-0.2, 0) is 24.2 Å². The van der Waals surface area contributed by atoms with Crippen LogP contribution in [0.25, 0.3) is 0 Å². The Bertz CT molecular complexity index is 714. The number of hydrogen-bond donors (Lipinski definition) is 2. The average Bonchev–Trinajstić information content (AvgIpc) is 2.94. The number of carbonyl (C=O) groups is 1. The van der Waals surface area contributed by atoms with Gasteiger partial charge in [-0.3, -0.25) is 4.79 Å². The number of hydrogen-bond acceptors (Lipinski definition) is 1. The quantitative estimate of drug-likeness (QED) is 0.868. The molecule has 2 N–H and O–H groups in total. The monoisotopic (exact) mass is 329 g/mol. The van der Waals surface area contributed by atoms with Gasteiger partial charge in [0.1, 0.15) is 6.54 Å². The summed E-state index contributed by atoms with van der Waals surface area (Å²) in [5.74, 6) is 0.0440. The van der Waals surface area contributed by atoms with Gasteiger partial charge in [-0.25, -0.2) is 0 Å². The summed E-state index contributed by atoms with van der Waals surface area (Å²) in [7, 11) is 2.02. The lowest BCUT2D eigenvalue weighted by molar-refractivity contribution is -0.885. The zero-order valence-corrected chi connectivity index (χ0v) is 14.1. The van der Waals surface area contributed by atoms with Crippen molar-refractivity contribution in [2.24, 2.45) is 0 Å². The van der Waals surface area contributed by atoms with E-state index in [-0.39, 0.29) is 5.91 Å². The van der Waals surface area contributed by atoms with Crippen LogP contribution in [0.15, 0.2) is 42.5 Å². The highest BCUT2D eigenvalue weighted by atomic mass is 35.5. The molecule has 1 aliphatic carbocycles. The maximum atomic E-state index is 12.2. The lowest BCUT2D eigenvalue weighted by Crippen LogP contribution is -3.08. The number of rotatable bonds is 5. The maximum Gasteiger partial charge on any atom is 0.279 e. The van der Waals surface area contributed by atoms with E-state index >= 15 is 0 Å². The molecule has 3 nitrogen and oxygen atoms in total. The summed E-state index contributed by atoms with van der Waals surface area (Å²) in [6.07, 6.45) is 3.51. The van der Waals surface area contributed by atoms with Crippen molar-refractivity contribution in [1.82, 2.24) is 0 Å². The van der Waals surface area contributed by atoms with Crippen molar-refractivity contribution in [3.63, 3.8) is 0 Å². The molecular weight excluding hydrogens is 308 g/mol. The first kappa shape index (κ1) is 16.0. The molecule has 0 fully saturated rings. The number of nitrogens with one attached hydrogen (secondary N) is 2. The third-order valence-electron chi connectivity index (χ3n) is 4.24. The molecule has 120 valence electrons. The number of anilines is 1. The molecule has 0 aromatic heterocycles. The highest BCUT2D eigenvalue weighted by molar-refractivity contribution is 6.30. The Morgan fingerprint density at radius 1 is 1.17 bits per heavy atom. The Kier molecular flexibility index (Phi) is 4.99. The normalized spacial score (nSPS) is 14.3. The van der Waals surface area contributed by atoms with Crippen molar-refractivity contribution in [3.05, 3.63) is 64.2 Å². The number of benzene rings is 2. The van der Waals surface area contributed by atoms with Crippen LogP contribution in [0.5, 0.6) is 0 Å². The van der Waals surface area contributed by atoms with Crippen molar-refractivity contribution >= 4 is 23.2 Å². The minimum Gasteiger partial charge on any atom is -0.326 e. The molecule has 0 aliphatic heterocycles. The zero-order valence-electron chi connectivity index (χ0n) is 13.4. The number of quaternary nitrogens is 1. The molecule has 0 saturated carbocycles. The number of fused-ring (bicyclic) bond motifs is 1. The molecule has 2 aromatic rings. The number of likely N-dealkylation sites (N-methyl/N-ethyl adjacent to an activating group) is 1. The third-order valence-corrected chi connectivity index (χ3v) is 4.47. The molecule has 4 heteroatoms. The molecule has 0 bridgehead atoms. The van der Waals surface area contributed by atoms with Gasteiger partial charge in [-0.15, -0.1) is 0 Å². The molecule has 1 amide bonds. The van der Waals surface area contributed by atoms with E-state index < -0.39 is 0 Å². The zero-order chi connectivity index (χ0) is 16.2. The molecule has 1 atom stereocenters. The average molecular weight is 330 g/mol. The predicted octanol–water partition coefficient (Wildman–Crippen LogP) is 2.48. The van der Waals surface area contributed by atoms with Crippen LogP contribution in [0.1, 0.15) is 23.1 Å².